The van der Waals surface area contributed by atoms with Gasteiger partial charge in [0.25, 0.3) is 0 Å². The molecular weight excluding hydrogens is 234 g/mol. The number of nitrogens with zero attached hydrogens (tertiary/aromatic N) is 1. The highest BCUT2D eigenvalue weighted by molar-refractivity contribution is 5.86. The molecule has 1 aromatic carbocycles. The lowest BCUT2D eigenvalue weighted by molar-refractivity contribution is 0.308. The van der Waals surface area contributed by atoms with E-state index in [0.29, 0.717) is 6.04 Å². The van der Waals surface area contributed by atoms with E-state index in [4.69, 9.17) is 4.74 Å². The summed E-state index contributed by atoms with van der Waals surface area (Å²) in [6.45, 7) is 7.47. The van der Waals surface area contributed by atoms with Crippen molar-refractivity contribution in [3.05, 3.63) is 30.5 Å². The Morgan fingerprint density at radius 2 is 1.95 bits per heavy atom. The molecule has 0 aliphatic heterocycles. The van der Waals surface area contributed by atoms with Gasteiger partial charge >= 0.3 is 0 Å². The molecule has 1 aromatic heterocycles. The van der Waals surface area contributed by atoms with E-state index in [-0.39, 0.29) is 0 Å². The zero-order valence-electron chi connectivity index (χ0n) is 12.4. The van der Waals surface area contributed by atoms with Crippen molar-refractivity contribution < 1.29 is 4.74 Å². The van der Waals surface area contributed by atoms with Crippen LogP contribution in [0, 0.1) is 0 Å². The predicted molar refractivity (Wildman–Crippen MR) is 82.0 cm³/mol. The molecule has 0 N–H and O–H groups in total. The summed E-state index contributed by atoms with van der Waals surface area (Å²) in [5.41, 5.74) is 1.26. The third-order valence-corrected chi connectivity index (χ3v) is 3.53. The van der Waals surface area contributed by atoms with Crippen molar-refractivity contribution in [1.82, 2.24) is 4.57 Å². The van der Waals surface area contributed by atoms with Crippen molar-refractivity contribution in [2.45, 2.75) is 52.5 Å². The highest BCUT2D eigenvalue weighted by atomic mass is 16.5. The molecule has 0 saturated heterocycles. The first kappa shape index (κ1) is 14.0. The molecule has 2 aromatic rings. The summed E-state index contributed by atoms with van der Waals surface area (Å²) in [5, 5.41) is 1.23. The SMILES string of the molecule is CCCCCCOc1cccc2c1ccn2C(C)C. The van der Waals surface area contributed by atoms with E-state index in [0.717, 1.165) is 18.8 Å². The van der Waals surface area contributed by atoms with Crippen molar-refractivity contribution in [3.63, 3.8) is 0 Å². The van der Waals surface area contributed by atoms with Gasteiger partial charge in [-0.3, -0.25) is 0 Å². The smallest absolute Gasteiger partial charge is 0.128 e. The van der Waals surface area contributed by atoms with Crippen LogP contribution in [0.5, 0.6) is 5.75 Å². The van der Waals surface area contributed by atoms with Crippen molar-refractivity contribution in [1.29, 1.82) is 0 Å². The Labute approximate surface area is 116 Å². The summed E-state index contributed by atoms with van der Waals surface area (Å²) < 4.78 is 8.24. The van der Waals surface area contributed by atoms with Gasteiger partial charge in [-0.1, -0.05) is 32.3 Å². The minimum Gasteiger partial charge on any atom is -0.493 e. The van der Waals surface area contributed by atoms with E-state index in [1.165, 1.54) is 30.2 Å². The molecule has 0 aliphatic rings. The maximum atomic E-state index is 5.95. The van der Waals surface area contributed by atoms with Gasteiger partial charge in [0.1, 0.15) is 5.75 Å². The quantitative estimate of drug-likeness (QED) is 0.625. The van der Waals surface area contributed by atoms with Crippen LogP contribution >= 0.6 is 0 Å². The van der Waals surface area contributed by atoms with Crippen LogP contribution < -0.4 is 4.74 Å². The van der Waals surface area contributed by atoms with Gasteiger partial charge in [-0.2, -0.15) is 0 Å². The van der Waals surface area contributed by atoms with E-state index in [9.17, 15) is 0 Å². The van der Waals surface area contributed by atoms with Gasteiger partial charge in [0.15, 0.2) is 0 Å². The van der Waals surface area contributed by atoms with E-state index < -0.39 is 0 Å². The number of hydrogen-bond donors (Lipinski definition) is 0. The zero-order chi connectivity index (χ0) is 13.7. The lowest BCUT2D eigenvalue weighted by Crippen LogP contribution is -1.99. The van der Waals surface area contributed by atoms with Crippen LogP contribution in [0.15, 0.2) is 30.5 Å². The molecule has 104 valence electrons. The summed E-state index contributed by atoms with van der Waals surface area (Å²) in [5.74, 6) is 1.02. The maximum absolute atomic E-state index is 5.95. The van der Waals surface area contributed by atoms with Crippen LogP contribution in [-0.2, 0) is 0 Å². The summed E-state index contributed by atoms with van der Waals surface area (Å²) in [6, 6.07) is 8.98. The average Bonchev–Trinajstić information content (AvgIpc) is 2.83. The maximum Gasteiger partial charge on any atom is 0.128 e. The molecule has 1 heterocycles. The lowest BCUT2D eigenvalue weighted by atomic mass is 10.2. The molecule has 2 rings (SSSR count). The van der Waals surface area contributed by atoms with Crippen molar-refractivity contribution in [3.8, 4) is 5.75 Å². The first-order valence-electron chi connectivity index (χ1n) is 7.46. The molecule has 19 heavy (non-hydrogen) atoms. The molecule has 0 spiro atoms. The minimum absolute atomic E-state index is 0.484. The first-order valence-corrected chi connectivity index (χ1v) is 7.46. The second kappa shape index (κ2) is 6.65. The van der Waals surface area contributed by atoms with Crippen LogP contribution in [-0.4, -0.2) is 11.2 Å². The number of ether oxygens (including phenoxy) is 1. The van der Waals surface area contributed by atoms with E-state index in [1.807, 2.05) is 0 Å². The summed E-state index contributed by atoms with van der Waals surface area (Å²) in [6.07, 6.45) is 7.14. The minimum atomic E-state index is 0.484. The molecule has 0 saturated carbocycles. The molecule has 2 heteroatoms. The Morgan fingerprint density at radius 3 is 2.68 bits per heavy atom. The number of aromatic nitrogens is 1. The molecule has 0 unspecified atom stereocenters. The largest absolute Gasteiger partial charge is 0.493 e. The number of hydrogen-bond acceptors (Lipinski definition) is 1. The second-order valence-corrected chi connectivity index (χ2v) is 5.41. The Hall–Kier alpha value is -1.44. The van der Waals surface area contributed by atoms with Crippen LogP contribution in [0.3, 0.4) is 0 Å². The van der Waals surface area contributed by atoms with Gasteiger partial charge in [0.2, 0.25) is 0 Å². The number of rotatable bonds is 7. The third kappa shape index (κ3) is 3.31. The Morgan fingerprint density at radius 1 is 1.11 bits per heavy atom. The van der Waals surface area contributed by atoms with E-state index in [2.05, 4.69) is 55.8 Å². The van der Waals surface area contributed by atoms with Gasteiger partial charge in [-0.15, -0.1) is 0 Å². The summed E-state index contributed by atoms with van der Waals surface area (Å²) in [7, 11) is 0. The zero-order valence-corrected chi connectivity index (χ0v) is 12.4. The fraction of sp³-hybridized carbons (Fsp3) is 0.529. The van der Waals surface area contributed by atoms with Crippen molar-refractivity contribution in [2.75, 3.05) is 6.61 Å². The van der Waals surface area contributed by atoms with Gasteiger partial charge in [0.05, 0.1) is 12.1 Å². The highest BCUT2D eigenvalue weighted by Crippen LogP contribution is 2.28. The third-order valence-electron chi connectivity index (χ3n) is 3.53. The fourth-order valence-electron chi connectivity index (χ4n) is 2.45. The molecule has 0 fully saturated rings. The predicted octanol–water partition coefficient (Wildman–Crippen LogP) is 5.18. The number of fused-ring (bicyclic) bond motifs is 1. The molecular formula is C17H25NO. The highest BCUT2D eigenvalue weighted by Gasteiger charge is 2.08. The molecule has 0 aliphatic carbocycles. The van der Waals surface area contributed by atoms with Gasteiger partial charge < -0.3 is 9.30 Å². The standard InChI is InChI=1S/C17H25NO/c1-4-5-6-7-13-19-17-10-8-9-16-15(17)11-12-18(16)14(2)3/h8-12,14H,4-7,13H2,1-3H3. The topological polar surface area (TPSA) is 14.2 Å². The van der Waals surface area contributed by atoms with Crippen molar-refractivity contribution >= 4 is 10.9 Å². The summed E-state index contributed by atoms with van der Waals surface area (Å²) in [4.78, 5) is 0. The Bertz CT molecular complexity index is 513. The monoisotopic (exact) mass is 259 g/mol. The Balaban J connectivity index is 2.07. The van der Waals surface area contributed by atoms with Crippen molar-refractivity contribution in [2.24, 2.45) is 0 Å². The van der Waals surface area contributed by atoms with E-state index in [1.54, 1.807) is 0 Å². The molecule has 0 atom stereocenters. The van der Waals surface area contributed by atoms with Crippen LogP contribution in [0.2, 0.25) is 0 Å². The first-order chi connectivity index (χ1) is 9.24. The van der Waals surface area contributed by atoms with Crippen LogP contribution in [0.25, 0.3) is 10.9 Å². The molecule has 0 amide bonds. The lowest BCUT2D eigenvalue weighted by Gasteiger charge is -2.11. The molecule has 2 nitrogen and oxygen atoms in total. The van der Waals surface area contributed by atoms with Gasteiger partial charge in [-0.05, 0) is 38.5 Å². The molecule has 0 radical (unpaired) electrons. The van der Waals surface area contributed by atoms with Gasteiger partial charge in [0, 0.05) is 17.6 Å². The Kier molecular flexibility index (Phi) is 4.89. The van der Waals surface area contributed by atoms with Crippen LogP contribution in [0.1, 0.15) is 52.5 Å². The molecule has 0 bridgehead atoms. The second-order valence-electron chi connectivity index (χ2n) is 5.41. The summed E-state index contributed by atoms with van der Waals surface area (Å²) >= 11 is 0. The van der Waals surface area contributed by atoms with Crippen LogP contribution in [0.4, 0.5) is 0 Å². The number of unbranched alkanes of at least 4 members (excludes halogenated alkanes) is 3. The van der Waals surface area contributed by atoms with E-state index >= 15 is 0 Å². The fourth-order valence-corrected chi connectivity index (χ4v) is 2.45. The number of benzene rings is 1. The average molecular weight is 259 g/mol. The normalized spacial score (nSPS) is 11.4. The van der Waals surface area contributed by atoms with Gasteiger partial charge in [-0.25, -0.2) is 0 Å².